The average Bonchev–Trinajstić information content (AvgIpc) is 3.12. The molecule has 0 bridgehead atoms. The van der Waals surface area contributed by atoms with Crippen LogP contribution in [0.15, 0.2) is 36.5 Å². The summed E-state index contributed by atoms with van der Waals surface area (Å²) in [5, 5.41) is 6.78. The molecule has 8 heteroatoms. The molecule has 0 saturated carbocycles. The number of aromatic nitrogens is 4. The van der Waals surface area contributed by atoms with Gasteiger partial charge in [0.05, 0.1) is 0 Å². The topological polar surface area (TPSA) is 98.5 Å². The van der Waals surface area contributed by atoms with E-state index in [1.54, 1.807) is 12.3 Å². The number of amides is 1. The predicted molar refractivity (Wildman–Crippen MR) is 103 cm³/mol. The fraction of sp³-hybridized carbons (Fsp3) is 0.350. The molecule has 1 amide bonds. The summed E-state index contributed by atoms with van der Waals surface area (Å²) in [5.74, 6) is -0.459. The molecule has 0 aliphatic carbocycles. The molecule has 2 aromatic heterocycles. The van der Waals surface area contributed by atoms with Crippen LogP contribution in [0.4, 0.5) is 0 Å². The fourth-order valence-electron chi connectivity index (χ4n) is 2.66. The number of esters is 1. The highest BCUT2D eigenvalue weighted by molar-refractivity contribution is 5.88. The van der Waals surface area contributed by atoms with Gasteiger partial charge < -0.3 is 10.1 Å². The Balaban J connectivity index is 1.44. The molecule has 1 aromatic carbocycles. The predicted octanol–water partition coefficient (Wildman–Crippen LogP) is 2.07. The summed E-state index contributed by atoms with van der Waals surface area (Å²) in [5.41, 5.74) is 3.21. The number of rotatable bonds is 7. The van der Waals surface area contributed by atoms with Crippen molar-refractivity contribution >= 4 is 17.7 Å². The van der Waals surface area contributed by atoms with Crippen molar-refractivity contribution < 1.29 is 14.3 Å². The van der Waals surface area contributed by atoms with Gasteiger partial charge in [-0.3, -0.25) is 4.79 Å². The minimum atomic E-state index is -0.760. The molecule has 146 valence electrons. The number of nitrogens with zero attached hydrogens (tertiary/aromatic N) is 4. The lowest BCUT2D eigenvalue weighted by Crippen LogP contribution is -2.30. The van der Waals surface area contributed by atoms with Crippen LogP contribution < -0.4 is 5.32 Å². The first-order valence-electron chi connectivity index (χ1n) is 9.15. The lowest BCUT2D eigenvalue weighted by atomic mass is 10.0. The molecule has 0 radical (unpaired) electrons. The summed E-state index contributed by atoms with van der Waals surface area (Å²) in [6.45, 7) is 6.20. The fourth-order valence-corrected chi connectivity index (χ4v) is 2.66. The van der Waals surface area contributed by atoms with Crippen LogP contribution in [0.25, 0.3) is 5.78 Å². The Kier molecular flexibility index (Phi) is 5.98. The second-order valence-corrected chi connectivity index (χ2v) is 6.81. The standard InChI is InChI=1S/C20H23N5O3/c1-13(2)16-6-4-15(5-7-16)9-11-21-17(26)12-28-19(27)18-23-20-22-10-8-14(3)25(20)24-18/h4-8,10,13H,9,11-12H2,1-3H3,(H,21,26). The van der Waals surface area contributed by atoms with Crippen LogP contribution in [0.1, 0.15) is 47.2 Å². The second-order valence-electron chi connectivity index (χ2n) is 6.81. The molecule has 0 aliphatic rings. The van der Waals surface area contributed by atoms with E-state index < -0.39 is 5.97 Å². The van der Waals surface area contributed by atoms with Crippen LogP contribution in [0.2, 0.25) is 0 Å². The highest BCUT2D eigenvalue weighted by Crippen LogP contribution is 2.14. The summed E-state index contributed by atoms with van der Waals surface area (Å²) >= 11 is 0. The zero-order valence-electron chi connectivity index (χ0n) is 16.2. The Morgan fingerprint density at radius 1 is 1.18 bits per heavy atom. The average molecular weight is 381 g/mol. The van der Waals surface area contributed by atoms with Gasteiger partial charge in [0.15, 0.2) is 6.61 Å². The van der Waals surface area contributed by atoms with E-state index in [9.17, 15) is 9.59 Å². The van der Waals surface area contributed by atoms with Gasteiger partial charge in [-0.2, -0.15) is 4.98 Å². The van der Waals surface area contributed by atoms with E-state index in [2.05, 4.69) is 58.5 Å². The first-order chi connectivity index (χ1) is 13.4. The van der Waals surface area contributed by atoms with Crippen molar-refractivity contribution in [2.45, 2.75) is 33.1 Å². The van der Waals surface area contributed by atoms with E-state index in [-0.39, 0.29) is 18.3 Å². The molecule has 8 nitrogen and oxygen atoms in total. The summed E-state index contributed by atoms with van der Waals surface area (Å²) < 4.78 is 6.43. The van der Waals surface area contributed by atoms with Crippen molar-refractivity contribution in [2.75, 3.05) is 13.2 Å². The highest BCUT2D eigenvalue weighted by Gasteiger charge is 2.17. The van der Waals surface area contributed by atoms with Crippen molar-refractivity contribution in [3.8, 4) is 0 Å². The van der Waals surface area contributed by atoms with Crippen LogP contribution in [-0.2, 0) is 16.0 Å². The monoisotopic (exact) mass is 381 g/mol. The van der Waals surface area contributed by atoms with Gasteiger partial charge in [0.2, 0.25) is 0 Å². The van der Waals surface area contributed by atoms with Crippen molar-refractivity contribution in [3.05, 3.63) is 59.2 Å². The quantitative estimate of drug-likeness (QED) is 0.629. The molecule has 0 atom stereocenters. The van der Waals surface area contributed by atoms with Crippen LogP contribution in [0.3, 0.4) is 0 Å². The van der Waals surface area contributed by atoms with E-state index >= 15 is 0 Å². The molecule has 0 spiro atoms. The maximum Gasteiger partial charge on any atom is 0.378 e. The van der Waals surface area contributed by atoms with E-state index in [4.69, 9.17) is 4.74 Å². The maximum absolute atomic E-state index is 12.0. The number of carbonyl (C=O) groups excluding carboxylic acids is 2. The number of fused-ring (bicyclic) bond motifs is 1. The van der Waals surface area contributed by atoms with Crippen molar-refractivity contribution in [1.29, 1.82) is 0 Å². The third kappa shape index (κ3) is 4.70. The number of aryl methyl sites for hydroxylation is 1. The van der Waals surface area contributed by atoms with Gasteiger partial charge in [-0.05, 0) is 36.5 Å². The van der Waals surface area contributed by atoms with Gasteiger partial charge in [0.25, 0.3) is 17.5 Å². The molecule has 0 aliphatic heterocycles. The Bertz CT molecular complexity index is 979. The molecular weight excluding hydrogens is 358 g/mol. The van der Waals surface area contributed by atoms with Crippen LogP contribution in [0.5, 0.6) is 0 Å². The number of hydrogen-bond donors (Lipinski definition) is 1. The lowest BCUT2D eigenvalue weighted by Gasteiger charge is -2.08. The van der Waals surface area contributed by atoms with E-state index in [1.165, 1.54) is 10.1 Å². The smallest absolute Gasteiger partial charge is 0.378 e. The van der Waals surface area contributed by atoms with Crippen molar-refractivity contribution in [3.63, 3.8) is 0 Å². The molecule has 2 heterocycles. The van der Waals surface area contributed by atoms with Crippen LogP contribution in [-0.4, -0.2) is 44.6 Å². The van der Waals surface area contributed by atoms with Crippen molar-refractivity contribution in [1.82, 2.24) is 24.9 Å². The molecule has 0 unspecified atom stereocenters. The summed E-state index contributed by atoms with van der Waals surface area (Å²) in [4.78, 5) is 32.0. The highest BCUT2D eigenvalue weighted by atomic mass is 16.5. The Morgan fingerprint density at radius 3 is 2.61 bits per heavy atom. The SMILES string of the molecule is Cc1ccnc2nc(C(=O)OCC(=O)NCCc3ccc(C(C)C)cc3)nn12. The molecule has 1 N–H and O–H groups in total. The zero-order valence-corrected chi connectivity index (χ0v) is 16.2. The first kappa shape index (κ1) is 19.5. The number of carbonyl (C=O) groups is 2. The van der Waals surface area contributed by atoms with E-state index in [0.717, 1.165) is 11.3 Å². The first-order valence-corrected chi connectivity index (χ1v) is 9.15. The molecule has 0 fully saturated rings. The third-order valence-corrected chi connectivity index (χ3v) is 4.33. The minimum absolute atomic E-state index is 0.125. The molecule has 3 rings (SSSR count). The Hall–Kier alpha value is -3.29. The number of hydrogen-bond acceptors (Lipinski definition) is 6. The number of ether oxygens (including phenoxy) is 1. The Labute approximate surface area is 163 Å². The van der Waals surface area contributed by atoms with Crippen LogP contribution in [0, 0.1) is 6.92 Å². The normalized spacial score (nSPS) is 11.0. The van der Waals surface area contributed by atoms with E-state index in [0.29, 0.717) is 24.7 Å². The lowest BCUT2D eigenvalue weighted by molar-refractivity contribution is -0.124. The van der Waals surface area contributed by atoms with Gasteiger partial charge in [-0.1, -0.05) is 38.1 Å². The number of benzene rings is 1. The van der Waals surface area contributed by atoms with Crippen LogP contribution >= 0.6 is 0 Å². The largest absolute Gasteiger partial charge is 0.450 e. The summed E-state index contributed by atoms with van der Waals surface area (Å²) in [7, 11) is 0. The van der Waals surface area contributed by atoms with Crippen molar-refractivity contribution in [2.24, 2.45) is 0 Å². The minimum Gasteiger partial charge on any atom is -0.450 e. The second kappa shape index (κ2) is 8.60. The number of nitrogens with one attached hydrogen (secondary N) is 1. The summed E-state index contributed by atoms with van der Waals surface area (Å²) in [6, 6.07) is 10.1. The Morgan fingerprint density at radius 2 is 1.93 bits per heavy atom. The molecular formula is C20H23N5O3. The van der Waals surface area contributed by atoms with Gasteiger partial charge in [-0.15, -0.1) is 5.10 Å². The van der Waals surface area contributed by atoms with Gasteiger partial charge in [0, 0.05) is 18.4 Å². The van der Waals surface area contributed by atoms with Gasteiger partial charge >= 0.3 is 5.97 Å². The molecule has 28 heavy (non-hydrogen) atoms. The van der Waals surface area contributed by atoms with Gasteiger partial charge in [-0.25, -0.2) is 14.3 Å². The third-order valence-electron chi connectivity index (χ3n) is 4.33. The van der Waals surface area contributed by atoms with E-state index in [1.807, 2.05) is 6.92 Å². The zero-order chi connectivity index (χ0) is 20.1. The molecule has 3 aromatic rings. The summed E-state index contributed by atoms with van der Waals surface area (Å²) in [6.07, 6.45) is 2.29. The maximum atomic E-state index is 12.0. The molecule has 0 saturated heterocycles. The van der Waals surface area contributed by atoms with Gasteiger partial charge in [0.1, 0.15) is 0 Å².